The number of rotatable bonds is 7. The summed E-state index contributed by atoms with van der Waals surface area (Å²) in [6.45, 7) is 11.7. The van der Waals surface area contributed by atoms with E-state index in [4.69, 9.17) is 5.73 Å². The molecule has 102 valence electrons. The molecule has 0 aliphatic carbocycles. The molecular weight excluding hydrogens is 220 g/mol. The molecule has 0 saturated heterocycles. The van der Waals surface area contributed by atoms with E-state index in [0.29, 0.717) is 5.92 Å². The molecule has 18 heavy (non-hydrogen) atoms. The Bertz CT molecular complexity index is 348. The number of hydrogen-bond donors (Lipinski definition) is 2. The van der Waals surface area contributed by atoms with E-state index in [-0.39, 0.29) is 0 Å². The summed E-state index contributed by atoms with van der Waals surface area (Å²) in [5.74, 6) is 0.625. The van der Waals surface area contributed by atoms with Gasteiger partial charge in [-0.2, -0.15) is 0 Å². The second kappa shape index (κ2) is 7.55. The molecule has 0 heterocycles. The molecule has 0 radical (unpaired) electrons. The van der Waals surface area contributed by atoms with Gasteiger partial charge >= 0.3 is 0 Å². The van der Waals surface area contributed by atoms with E-state index in [1.54, 1.807) is 0 Å². The van der Waals surface area contributed by atoms with Crippen LogP contribution in [-0.4, -0.2) is 19.6 Å². The third-order valence-electron chi connectivity index (χ3n) is 3.61. The summed E-state index contributed by atoms with van der Waals surface area (Å²) < 4.78 is 0. The maximum absolute atomic E-state index is 5.60. The number of nitrogens with two attached hydrogens (primary N) is 1. The number of nitrogens with one attached hydrogen (secondary N) is 1. The Balaban J connectivity index is 2.36. The van der Waals surface area contributed by atoms with E-state index >= 15 is 0 Å². The fourth-order valence-electron chi connectivity index (χ4n) is 2.41. The van der Waals surface area contributed by atoms with E-state index in [1.165, 1.54) is 28.7 Å². The van der Waals surface area contributed by atoms with Crippen molar-refractivity contribution in [1.29, 1.82) is 0 Å². The molecule has 1 aromatic carbocycles. The molecule has 0 aliphatic rings. The zero-order valence-corrected chi connectivity index (χ0v) is 12.3. The highest BCUT2D eigenvalue weighted by Crippen LogP contribution is 2.16. The molecule has 0 aliphatic heterocycles. The topological polar surface area (TPSA) is 38.0 Å². The van der Waals surface area contributed by atoms with E-state index in [9.17, 15) is 0 Å². The van der Waals surface area contributed by atoms with Crippen molar-refractivity contribution in [2.75, 3.05) is 19.6 Å². The Morgan fingerprint density at radius 2 is 1.72 bits per heavy atom. The van der Waals surface area contributed by atoms with Gasteiger partial charge in [-0.1, -0.05) is 24.6 Å². The van der Waals surface area contributed by atoms with E-state index in [1.807, 2.05) is 0 Å². The van der Waals surface area contributed by atoms with Gasteiger partial charge in [0, 0.05) is 0 Å². The van der Waals surface area contributed by atoms with Crippen molar-refractivity contribution in [2.24, 2.45) is 11.7 Å². The maximum atomic E-state index is 5.60. The highest BCUT2D eigenvalue weighted by Gasteiger charge is 2.03. The molecule has 1 rings (SSSR count). The molecular formula is C16H28N2. The van der Waals surface area contributed by atoms with Crippen LogP contribution in [0.25, 0.3) is 0 Å². The summed E-state index contributed by atoms with van der Waals surface area (Å²) in [6, 6.07) is 4.55. The van der Waals surface area contributed by atoms with Crippen LogP contribution in [0.5, 0.6) is 0 Å². The van der Waals surface area contributed by atoms with Crippen molar-refractivity contribution in [3.05, 3.63) is 34.4 Å². The minimum Gasteiger partial charge on any atom is -0.330 e. The predicted molar refractivity (Wildman–Crippen MR) is 80.1 cm³/mol. The third-order valence-corrected chi connectivity index (χ3v) is 3.61. The molecule has 0 bridgehead atoms. The van der Waals surface area contributed by atoms with Gasteiger partial charge in [0.1, 0.15) is 0 Å². The van der Waals surface area contributed by atoms with Crippen molar-refractivity contribution in [1.82, 2.24) is 5.32 Å². The number of aryl methyl sites for hydroxylation is 3. The summed E-state index contributed by atoms with van der Waals surface area (Å²) >= 11 is 0. The minimum atomic E-state index is 0.625. The first kappa shape index (κ1) is 15.2. The highest BCUT2D eigenvalue weighted by atomic mass is 14.8. The van der Waals surface area contributed by atoms with Crippen LogP contribution in [0.15, 0.2) is 12.1 Å². The second-order valence-electron chi connectivity index (χ2n) is 5.51. The first-order chi connectivity index (χ1) is 8.54. The molecule has 0 aromatic heterocycles. The molecule has 2 nitrogen and oxygen atoms in total. The van der Waals surface area contributed by atoms with Gasteiger partial charge in [0.05, 0.1) is 0 Å². The molecule has 0 fully saturated rings. The Kier molecular flexibility index (Phi) is 6.37. The van der Waals surface area contributed by atoms with Crippen molar-refractivity contribution in [2.45, 2.75) is 40.5 Å². The Labute approximate surface area is 112 Å². The van der Waals surface area contributed by atoms with Crippen molar-refractivity contribution < 1.29 is 0 Å². The summed E-state index contributed by atoms with van der Waals surface area (Å²) in [5, 5.41) is 3.51. The van der Waals surface area contributed by atoms with Crippen LogP contribution in [0.2, 0.25) is 0 Å². The zero-order valence-electron chi connectivity index (χ0n) is 12.3. The van der Waals surface area contributed by atoms with Crippen molar-refractivity contribution >= 4 is 0 Å². The van der Waals surface area contributed by atoms with Crippen LogP contribution >= 0.6 is 0 Å². The quantitative estimate of drug-likeness (QED) is 0.728. The van der Waals surface area contributed by atoms with E-state index in [0.717, 1.165) is 26.1 Å². The Morgan fingerprint density at radius 3 is 2.28 bits per heavy atom. The average molecular weight is 248 g/mol. The lowest BCUT2D eigenvalue weighted by Gasteiger charge is -2.13. The molecule has 1 unspecified atom stereocenters. The number of benzene rings is 1. The van der Waals surface area contributed by atoms with Crippen molar-refractivity contribution in [3.63, 3.8) is 0 Å². The van der Waals surface area contributed by atoms with Crippen LogP contribution in [0, 0.1) is 26.7 Å². The lowest BCUT2D eigenvalue weighted by atomic mass is 9.97. The molecule has 2 heteroatoms. The largest absolute Gasteiger partial charge is 0.330 e. The van der Waals surface area contributed by atoms with Gasteiger partial charge in [0.15, 0.2) is 0 Å². The van der Waals surface area contributed by atoms with Gasteiger partial charge in [-0.25, -0.2) is 0 Å². The van der Waals surface area contributed by atoms with Crippen LogP contribution in [0.4, 0.5) is 0 Å². The molecule has 0 amide bonds. The fraction of sp³-hybridized carbons (Fsp3) is 0.625. The third kappa shape index (κ3) is 4.79. The van der Waals surface area contributed by atoms with E-state index in [2.05, 4.69) is 45.1 Å². The van der Waals surface area contributed by atoms with Gasteiger partial charge in [-0.05, 0) is 75.9 Å². The SMILES string of the molecule is Cc1cc(C)c(CCNCCC(C)CN)c(C)c1. The summed E-state index contributed by atoms with van der Waals surface area (Å²) in [6.07, 6.45) is 2.29. The van der Waals surface area contributed by atoms with Gasteiger partial charge in [0.25, 0.3) is 0 Å². The molecule has 0 spiro atoms. The van der Waals surface area contributed by atoms with Gasteiger partial charge in [-0.3, -0.25) is 0 Å². The van der Waals surface area contributed by atoms with Gasteiger partial charge in [0.2, 0.25) is 0 Å². The summed E-state index contributed by atoms with van der Waals surface area (Å²) in [5.41, 5.74) is 11.3. The lowest BCUT2D eigenvalue weighted by molar-refractivity contribution is 0.510. The Hall–Kier alpha value is -0.860. The van der Waals surface area contributed by atoms with Gasteiger partial charge < -0.3 is 11.1 Å². The van der Waals surface area contributed by atoms with Gasteiger partial charge in [-0.15, -0.1) is 0 Å². The monoisotopic (exact) mass is 248 g/mol. The smallest absolute Gasteiger partial charge is 0.000815 e. The molecule has 1 aromatic rings. The summed E-state index contributed by atoms with van der Waals surface area (Å²) in [4.78, 5) is 0. The maximum Gasteiger partial charge on any atom is -0.000815 e. The van der Waals surface area contributed by atoms with Crippen LogP contribution in [-0.2, 0) is 6.42 Å². The first-order valence-corrected chi connectivity index (χ1v) is 7.02. The standard InChI is InChI=1S/C16H28N2/c1-12(11-17)5-7-18-8-6-16-14(3)9-13(2)10-15(16)4/h9-10,12,18H,5-8,11,17H2,1-4H3. The van der Waals surface area contributed by atoms with Crippen LogP contribution < -0.4 is 11.1 Å². The fourth-order valence-corrected chi connectivity index (χ4v) is 2.41. The average Bonchev–Trinajstić information content (AvgIpc) is 2.31. The first-order valence-electron chi connectivity index (χ1n) is 7.02. The molecule has 1 atom stereocenters. The van der Waals surface area contributed by atoms with Crippen LogP contribution in [0.3, 0.4) is 0 Å². The highest BCUT2D eigenvalue weighted by molar-refractivity contribution is 5.37. The molecule has 3 N–H and O–H groups in total. The lowest BCUT2D eigenvalue weighted by Crippen LogP contribution is -2.23. The van der Waals surface area contributed by atoms with Crippen molar-refractivity contribution in [3.8, 4) is 0 Å². The predicted octanol–water partition coefficient (Wildman–Crippen LogP) is 2.73. The normalized spacial score (nSPS) is 12.7. The second-order valence-corrected chi connectivity index (χ2v) is 5.51. The Morgan fingerprint density at radius 1 is 1.11 bits per heavy atom. The van der Waals surface area contributed by atoms with Crippen LogP contribution in [0.1, 0.15) is 35.6 Å². The number of hydrogen-bond acceptors (Lipinski definition) is 2. The summed E-state index contributed by atoms with van der Waals surface area (Å²) in [7, 11) is 0. The zero-order chi connectivity index (χ0) is 13.5. The van der Waals surface area contributed by atoms with E-state index < -0.39 is 0 Å². The minimum absolute atomic E-state index is 0.625. The molecule has 0 saturated carbocycles.